The van der Waals surface area contributed by atoms with Crippen molar-refractivity contribution in [1.82, 2.24) is 0 Å². The predicted molar refractivity (Wildman–Crippen MR) is 57.5 cm³/mol. The molecule has 0 fully saturated rings. The third-order valence-corrected chi connectivity index (χ3v) is 2.90. The first kappa shape index (κ1) is 9.68. The highest BCUT2D eigenvalue weighted by Crippen LogP contribution is 2.29. The second kappa shape index (κ2) is 4.57. The number of rotatable bonds is 3. The van der Waals surface area contributed by atoms with Crippen molar-refractivity contribution in [2.75, 3.05) is 5.75 Å². The molecular formula is C10H13N3S. The average Bonchev–Trinajstić information content (AvgIpc) is 2.72. The van der Waals surface area contributed by atoms with Gasteiger partial charge in [0.15, 0.2) is 0 Å². The zero-order chi connectivity index (χ0) is 9.80. The summed E-state index contributed by atoms with van der Waals surface area (Å²) in [6.07, 6.45) is 0. The molecule has 2 N–H and O–H groups in total. The van der Waals surface area contributed by atoms with Gasteiger partial charge in [0.25, 0.3) is 0 Å². The van der Waals surface area contributed by atoms with Gasteiger partial charge in [-0.3, -0.25) is 0 Å². The lowest BCUT2D eigenvalue weighted by atomic mass is 10.1. The van der Waals surface area contributed by atoms with Crippen molar-refractivity contribution in [3.63, 3.8) is 0 Å². The Morgan fingerprint density at radius 2 is 2.21 bits per heavy atom. The van der Waals surface area contributed by atoms with Gasteiger partial charge >= 0.3 is 0 Å². The van der Waals surface area contributed by atoms with Crippen LogP contribution in [0.25, 0.3) is 0 Å². The van der Waals surface area contributed by atoms with Crippen LogP contribution in [0.15, 0.2) is 33.9 Å². The predicted octanol–water partition coefficient (Wildman–Crippen LogP) is 1.70. The van der Waals surface area contributed by atoms with E-state index in [0.717, 1.165) is 12.3 Å². The molecule has 0 spiro atoms. The molecule has 14 heavy (non-hydrogen) atoms. The SMILES string of the molecule is [CH2-][NH2+]Cc1ccc(C2CSN=N2)cc1. The average molecular weight is 207 g/mol. The Labute approximate surface area is 88.1 Å². The zero-order valence-corrected chi connectivity index (χ0v) is 8.70. The second-order valence-corrected chi connectivity index (χ2v) is 4.00. The molecule has 1 atom stereocenters. The first-order valence-corrected chi connectivity index (χ1v) is 5.56. The highest BCUT2D eigenvalue weighted by atomic mass is 32.2. The van der Waals surface area contributed by atoms with Gasteiger partial charge in [0, 0.05) is 11.3 Å². The summed E-state index contributed by atoms with van der Waals surface area (Å²) in [4.78, 5) is 0. The summed E-state index contributed by atoms with van der Waals surface area (Å²) in [6.45, 7) is 0.932. The van der Waals surface area contributed by atoms with Crippen molar-refractivity contribution in [1.29, 1.82) is 0 Å². The summed E-state index contributed by atoms with van der Waals surface area (Å²) in [5.41, 5.74) is 2.55. The molecule has 4 heteroatoms. The van der Waals surface area contributed by atoms with E-state index in [-0.39, 0.29) is 6.04 Å². The molecule has 0 aliphatic carbocycles. The van der Waals surface area contributed by atoms with Gasteiger partial charge < -0.3 is 5.32 Å². The molecule has 0 bridgehead atoms. The zero-order valence-electron chi connectivity index (χ0n) is 7.89. The summed E-state index contributed by atoms with van der Waals surface area (Å²) in [7, 11) is 3.72. The Morgan fingerprint density at radius 1 is 1.43 bits per heavy atom. The van der Waals surface area contributed by atoms with Crippen LogP contribution in [0.5, 0.6) is 0 Å². The third kappa shape index (κ3) is 2.13. The molecule has 3 nitrogen and oxygen atoms in total. The van der Waals surface area contributed by atoms with Crippen LogP contribution >= 0.6 is 11.9 Å². The number of nitrogens with zero attached hydrogens (tertiary/aromatic N) is 2. The number of hydrogen-bond donors (Lipinski definition) is 1. The molecule has 1 aromatic rings. The lowest BCUT2D eigenvalue weighted by Crippen LogP contribution is -2.74. The van der Waals surface area contributed by atoms with Crippen LogP contribution in [0.2, 0.25) is 0 Å². The van der Waals surface area contributed by atoms with E-state index < -0.39 is 0 Å². The molecule has 1 aromatic carbocycles. The van der Waals surface area contributed by atoms with Gasteiger partial charge in [0.1, 0.15) is 6.04 Å². The number of hydrogen-bond acceptors (Lipinski definition) is 3. The number of quaternary nitrogens is 1. The third-order valence-electron chi connectivity index (χ3n) is 2.22. The Balaban J connectivity index is 2.09. The quantitative estimate of drug-likeness (QED) is 0.595. The van der Waals surface area contributed by atoms with Crippen molar-refractivity contribution >= 4 is 11.9 Å². The highest BCUT2D eigenvalue weighted by Gasteiger charge is 2.14. The van der Waals surface area contributed by atoms with E-state index >= 15 is 0 Å². The monoisotopic (exact) mass is 207 g/mol. The van der Waals surface area contributed by atoms with Gasteiger partial charge in [-0.15, -0.1) is 4.52 Å². The lowest BCUT2D eigenvalue weighted by molar-refractivity contribution is -0.612. The minimum absolute atomic E-state index is 0.262. The van der Waals surface area contributed by atoms with E-state index in [4.69, 9.17) is 0 Å². The first-order chi connectivity index (χ1) is 6.90. The molecule has 0 saturated carbocycles. The molecule has 2 rings (SSSR count). The van der Waals surface area contributed by atoms with Crippen molar-refractivity contribution in [2.24, 2.45) is 9.63 Å². The minimum atomic E-state index is 0.262. The van der Waals surface area contributed by atoms with E-state index in [1.165, 1.54) is 23.1 Å². The van der Waals surface area contributed by atoms with Gasteiger partial charge in [-0.1, -0.05) is 24.3 Å². The maximum Gasteiger partial charge on any atom is 0.108 e. The Bertz CT molecular complexity index is 321. The van der Waals surface area contributed by atoms with Crippen LogP contribution in [0.1, 0.15) is 17.2 Å². The van der Waals surface area contributed by atoms with E-state index in [1.54, 1.807) is 0 Å². The largest absolute Gasteiger partial charge is 0.475 e. The van der Waals surface area contributed by atoms with Gasteiger partial charge in [-0.25, -0.2) is 0 Å². The highest BCUT2D eigenvalue weighted by molar-refractivity contribution is 7.98. The van der Waals surface area contributed by atoms with Gasteiger partial charge in [0.05, 0.1) is 6.54 Å². The van der Waals surface area contributed by atoms with E-state index in [1.807, 2.05) is 5.32 Å². The van der Waals surface area contributed by atoms with Crippen LogP contribution in [0.3, 0.4) is 0 Å². The summed E-state index contributed by atoms with van der Waals surface area (Å²) in [5, 5.41) is 6.07. The normalized spacial score (nSPS) is 20.2. The Hall–Kier alpha value is -0.870. The van der Waals surface area contributed by atoms with Gasteiger partial charge in [-0.2, -0.15) is 12.2 Å². The van der Waals surface area contributed by atoms with Gasteiger partial charge in [0.2, 0.25) is 0 Å². The molecular weight excluding hydrogens is 194 g/mol. The second-order valence-electron chi connectivity index (χ2n) is 3.24. The molecule has 0 radical (unpaired) electrons. The topological polar surface area (TPSA) is 41.3 Å². The lowest BCUT2D eigenvalue weighted by Gasteiger charge is -2.06. The first-order valence-electron chi connectivity index (χ1n) is 4.62. The van der Waals surface area contributed by atoms with Crippen LogP contribution in [0.4, 0.5) is 0 Å². The summed E-state index contributed by atoms with van der Waals surface area (Å²) in [5.74, 6) is 0.973. The number of benzene rings is 1. The summed E-state index contributed by atoms with van der Waals surface area (Å²) < 4.78 is 3.93. The van der Waals surface area contributed by atoms with Crippen molar-refractivity contribution in [3.8, 4) is 0 Å². The fourth-order valence-electron chi connectivity index (χ4n) is 1.43. The molecule has 74 valence electrons. The summed E-state index contributed by atoms with van der Waals surface area (Å²) in [6, 6.07) is 8.80. The molecule has 1 heterocycles. The van der Waals surface area contributed by atoms with Crippen LogP contribution in [-0.2, 0) is 6.54 Å². The molecule has 1 aliphatic heterocycles. The summed E-state index contributed by atoms with van der Waals surface area (Å²) >= 11 is 1.53. The van der Waals surface area contributed by atoms with E-state index in [2.05, 4.69) is 40.9 Å². The Morgan fingerprint density at radius 3 is 2.79 bits per heavy atom. The van der Waals surface area contributed by atoms with Crippen LogP contribution in [-0.4, -0.2) is 5.75 Å². The van der Waals surface area contributed by atoms with Crippen molar-refractivity contribution in [3.05, 3.63) is 42.4 Å². The van der Waals surface area contributed by atoms with Crippen LogP contribution < -0.4 is 5.32 Å². The standard InChI is InChI=1S/C10H13N3S/c1-11-6-8-2-4-9(5-3-8)10-7-14-13-12-10/h2-5,10H,1,6-7,11H2. The maximum atomic E-state index is 4.15. The maximum absolute atomic E-state index is 4.15. The van der Waals surface area contributed by atoms with E-state index in [0.29, 0.717) is 0 Å². The van der Waals surface area contributed by atoms with Gasteiger partial charge in [-0.05, 0) is 17.5 Å². The molecule has 0 saturated heterocycles. The van der Waals surface area contributed by atoms with E-state index in [9.17, 15) is 0 Å². The van der Waals surface area contributed by atoms with Crippen molar-refractivity contribution < 1.29 is 5.32 Å². The fourth-order valence-corrected chi connectivity index (χ4v) is 2.08. The van der Waals surface area contributed by atoms with Crippen LogP contribution in [0, 0.1) is 7.05 Å². The molecule has 1 aliphatic rings. The molecule has 0 amide bonds. The minimum Gasteiger partial charge on any atom is -0.475 e. The fraction of sp³-hybridized carbons (Fsp3) is 0.300. The van der Waals surface area contributed by atoms with Crippen molar-refractivity contribution in [2.45, 2.75) is 12.6 Å². The smallest absolute Gasteiger partial charge is 0.108 e. The molecule has 1 unspecified atom stereocenters. The Kier molecular flexibility index (Phi) is 3.16. The number of nitrogens with two attached hydrogens (primary N) is 1. The molecule has 0 aromatic heterocycles.